The zero-order valence-electron chi connectivity index (χ0n) is 9.90. The molecule has 7 heteroatoms. The number of carbonyl (C=O) groups excluding carboxylic acids is 1. The fraction of sp³-hybridized carbons (Fsp3) is 0.333. The van der Waals surface area contributed by atoms with Crippen molar-refractivity contribution in [2.45, 2.75) is 18.9 Å². The molecule has 1 aliphatic rings. The number of nitrogens with one attached hydrogen (secondary N) is 1. The Morgan fingerprint density at radius 1 is 1.47 bits per heavy atom. The van der Waals surface area contributed by atoms with E-state index in [9.17, 15) is 14.0 Å². The van der Waals surface area contributed by atoms with Gasteiger partial charge < -0.3 is 15.3 Å². The first-order valence-electron chi connectivity index (χ1n) is 5.72. The van der Waals surface area contributed by atoms with Crippen LogP contribution in [0.5, 0.6) is 0 Å². The lowest BCUT2D eigenvalue weighted by Crippen LogP contribution is -2.40. The highest BCUT2D eigenvalue weighted by atomic mass is 79.9. The number of nitrogens with zero attached hydrogens (tertiary/aromatic N) is 1. The average molecular weight is 331 g/mol. The highest BCUT2D eigenvalue weighted by Crippen LogP contribution is 2.28. The van der Waals surface area contributed by atoms with E-state index in [2.05, 4.69) is 21.2 Å². The Labute approximate surface area is 117 Å². The molecule has 2 N–H and O–H groups in total. The maximum absolute atomic E-state index is 13.1. The molecule has 102 valence electrons. The summed E-state index contributed by atoms with van der Waals surface area (Å²) in [6.07, 6.45) is 1.59. The molecule has 1 aromatic rings. The van der Waals surface area contributed by atoms with Crippen molar-refractivity contribution >= 4 is 33.6 Å². The summed E-state index contributed by atoms with van der Waals surface area (Å²) in [7, 11) is 0. The lowest BCUT2D eigenvalue weighted by molar-refractivity contribution is -0.137. The summed E-state index contributed by atoms with van der Waals surface area (Å²) in [6, 6.07) is 3.34. The van der Waals surface area contributed by atoms with Gasteiger partial charge in [-0.25, -0.2) is 9.18 Å². The number of carboxylic acid groups (broad SMARTS) is 1. The summed E-state index contributed by atoms with van der Waals surface area (Å²) < 4.78 is 13.6. The highest BCUT2D eigenvalue weighted by Gasteiger charge is 2.34. The van der Waals surface area contributed by atoms with E-state index in [1.54, 1.807) is 0 Å². The SMILES string of the molecule is O=C(O)CN(C(=O)Nc1cc(F)ccc1Br)C1CC1. The number of aliphatic carboxylic acids is 1. The van der Waals surface area contributed by atoms with Gasteiger partial charge in [-0.15, -0.1) is 0 Å². The van der Waals surface area contributed by atoms with E-state index in [-0.39, 0.29) is 18.3 Å². The van der Waals surface area contributed by atoms with Gasteiger partial charge in [-0.1, -0.05) is 0 Å². The third-order valence-corrected chi connectivity index (χ3v) is 3.42. The molecule has 0 atom stereocenters. The Kier molecular flexibility index (Phi) is 4.04. The molecule has 1 aliphatic carbocycles. The maximum atomic E-state index is 13.1. The lowest BCUT2D eigenvalue weighted by Gasteiger charge is -2.21. The molecule has 0 saturated heterocycles. The van der Waals surface area contributed by atoms with Gasteiger partial charge in [0.15, 0.2) is 0 Å². The van der Waals surface area contributed by atoms with Crippen molar-refractivity contribution in [2.24, 2.45) is 0 Å². The smallest absolute Gasteiger partial charge is 0.323 e. The largest absolute Gasteiger partial charge is 0.480 e. The van der Waals surface area contributed by atoms with Crippen molar-refractivity contribution in [2.75, 3.05) is 11.9 Å². The number of halogens is 2. The second kappa shape index (κ2) is 5.56. The van der Waals surface area contributed by atoms with E-state index in [1.807, 2.05) is 0 Å². The van der Waals surface area contributed by atoms with Crippen LogP contribution in [0.4, 0.5) is 14.9 Å². The summed E-state index contributed by atoms with van der Waals surface area (Å²) >= 11 is 3.20. The van der Waals surface area contributed by atoms with E-state index < -0.39 is 17.8 Å². The molecular weight excluding hydrogens is 319 g/mol. The van der Waals surface area contributed by atoms with Crippen molar-refractivity contribution in [1.82, 2.24) is 4.90 Å². The Hall–Kier alpha value is -1.63. The molecule has 0 aliphatic heterocycles. The summed E-state index contributed by atoms with van der Waals surface area (Å²) in [5.74, 6) is -1.55. The zero-order valence-corrected chi connectivity index (χ0v) is 11.5. The number of urea groups is 1. The first kappa shape index (κ1) is 13.8. The van der Waals surface area contributed by atoms with E-state index >= 15 is 0 Å². The van der Waals surface area contributed by atoms with Crippen LogP contribution in [0, 0.1) is 5.82 Å². The van der Waals surface area contributed by atoms with Crippen molar-refractivity contribution in [1.29, 1.82) is 0 Å². The van der Waals surface area contributed by atoms with Gasteiger partial charge in [0.2, 0.25) is 0 Å². The van der Waals surface area contributed by atoms with Crippen LogP contribution in [0.25, 0.3) is 0 Å². The molecule has 0 bridgehead atoms. The van der Waals surface area contributed by atoms with Gasteiger partial charge in [0.05, 0.1) is 5.69 Å². The van der Waals surface area contributed by atoms with Gasteiger partial charge in [0, 0.05) is 10.5 Å². The van der Waals surface area contributed by atoms with Gasteiger partial charge in [-0.3, -0.25) is 4.79 Å². The molecule has 1 fully saturated rings. The van der Waals surface area contributed by atoms with Crippen molar-refractivity contribution in [3.63, 3.8) is 0 Å². The van der Waals surface area contributed by atoms with Gasteiger partial charge in [-0.2, -0.15) is 0 Å². The number of carboxylic acids is 1. The molecule has 5 nitrogen and oxygen atoms in total. The lowest BCUT2D eigenvalue weighted by atomic mass is 10.3. The normalized spacial score (nSPS) is 14.0. The fourth-order valence-corrected chi connectivity index (χ4v) is 2.02. The number of carbonyl (C=O) groups is 2. The predicted molar refractivity (Wildman–Crippen MR) is 70.5 cm³/mol. The van der Waals surface area contributed by atoms with E-state index in [4.69, 9.17) is 5.11 Å². The van der Waals surface area contributed by atoms with Crippen LogP contribution < -0.4 is 5.32 Å². The highest BCUT2D eigenvalue weighted by molar-refractivity contribution is 9.10. The molecular formula is C12H12BrFN2O3. The number of amides is 2. The fourth-order valence-electron chi connectivity index (χ4n) is 1.68. The van der Waals surface area contributed by atoms with Crippen LogP contribution in [0.15, 0.2) is 22.7 Å². The molecule has 1 aromatic carbocycles. The zero-order chi connectivity index (χ0) is 14.0. The van der Waals surface area contributed by atoms with Crippen LogP contribution in [-0.2, 0) is 4.79 Å². The Bertz CT molecular complexity index is 520. The third-order valence-electron chi connectivity index (χ3n) is 2.72. The number of anilines is 1. The minimum Gasteiger partial charge on any atom is -0.480 e. The molecule has 0 aromatic heterocycles. The van der Waals surface area contributed by atoms with Crippen LogP contribution in [-0.4, -0.2) is 34.6 Å². The monoisotopic (exact) mass is 330 g/mol. The first-order valence-corrected chi connectivity index (χ1v) is 6.51. The molecule has 0 heterocycles. The quantitative estimate of drug-likeness (QED) is 0.891. The molecule has 2 amide bonds. The third kappa shape index (κ3) is 3.66. The topological polar surface area (TPSA) is 69.6 Å². The standard InChI is InChI=1S/C12H12BrFN2O3/c13-9-4-1-7(14)5-10(9)15-12(19)16(6-11(17)18)8-2-3-8/h1,4-5,8H,2-3,6H2,(H,15,19)(H,17,18). The predicted octanol–water partition coefficient (Wildman–Crippen LogP) is 2.67. The summed E-state index contributed by atoms with van der Waals surface area (Å²) in [5.41, 5.74) is 0.279. The molecule has 0 spiro atoms. The summed E-state index contributed by atoms with van der Waals surface area (Å²) in [6.45, 7) is -0.358. The summed E-state index contributed by atoms with van der Waals surface area (Å²) in [5, 5.41) is 11.3. The van der Waals surface area contributed by atoms with Crippen LogP contribution in [0.2, 0.25) is 0 Å². The Morgan fingerprint density at radius 2 is 2.16 bits per heavy atom. The van der Waals surface area contributed by atoms with Crippen molar-refractivity contribution in [3.8, 4) is 0 Å². The molecule has 0 unspecified atom stereocenters. The maximum Gasteiger partial charge on any atom is 0.323 e. The molecule has 19 heavy (non-hydrogen) atoms. The summed E-state index contributed by atoms with van der Waals surface area (Å²) in [4.78, 5) is 24.0. The molecule has 0 radical (unpaired) electrons. The van der Waals surface area contributed by atoms with E-state index in [0.717, 1.165) is 12.8 Å². The second-order valence-electron chi connectivity index (χ2n) is 4.31. The average Bonchev–Trinajstić information content (AvgIpc) is 3.14. The van der Waals surface area contributed by atoms with Gasteiger partial charge in [0.25, 0.3) is 0 Å². The second-order valence-corrected chi connectivity index (χ2v) is 5.16. The minimum absolute atomic E-state index is 0.0385. The van der Waals surface area contributed by atoms with Crippen LogP contribution in [0.1, 0.15) is 12.8 Å². The number of rotatable bonds is 4. The van der Waals surface area contributed by atoms with E-state index in [1.165, 1.54) is 23.1 Å². The van der Waals surface area contributed by atoms with Crippen LogP contribution >= 0.6 is 15.9 Å². The number of benzene rings is 1. The Morgan fingerprint density at radius 3 is 2.74 bits per heavy atom. The van der Waals surface area contributed by atoms with Gasteiger partial charge >= 0.3 is 12.0 Å². The number of hydrogen-bond acceptors (Lipinski definition) is 2. The van der Waals surface area contributed by atoms with Crippen molar-refractivity contribution in [3.05, 3.63) is 28.5 Å². The molecule has 2 rings (SSSR count). The first-order chi connectivity index (χ1) is 8.97. The number of hydrogen-bond donors (Lipinski definition) is 2. The minimum atomic E-state index is -1.07. The molecule has 1 saturated carbocycles. The Balaban J connectivity index is 2.10. The van der Waals surface area contributed by atoms with Crippen LogP contribution in [0.3, 0.4) is 0 Å². The van der Waals surface area contributed by atoms with Gasteiger partial charge in [-0.05, 0) is 47.0 Å². The van der Waals surface area contributed by atoms with E-state index in [0.29, 0.717) is 4.47 Å². The van der Waals surface area contributed by atoms with Crippen molar-refractivity contribution < 1.29 is 19.1 Å². The van der Waals surface area contributed by atoms with Gasteiger partial charge in [0.1, 0.15) is 12.4 Å².